The molecule has 0 aromatic heterocycles. The lowest BCUT2D eigenvalue weighted by molar-refractivity contribution is -0.384. The summed E-state index contributed by atoms with van der Waals surface area (Å²) < 4.78 is 0. The van der Waals surface area contributed by atoms with E-state index in [0.29, 0.717) is 23.6 Å². The highest BCUT2D eigenvalue weighted by atomic mass is 35.5. The third kappa shape index (κ3) is 3.39. The number of nitrogens with two attached hydrogens (primary N) is 1. The van der Waals surface area contributed by atoms with E-state index in [1.807, 2.05) is 0 Å². The fraction of sp³-hybridized carbons (Fsp3) is 0.462. The molecule has 0 radical (unpaired) electrons. The third-order valence-corrected chi connectivity index (χ3v) is 3.88. The van der Waals surface area contributed by atoms with Crippen molar-refractivity contribution in [1.29, 1.82) is 0 Å². The Morgan fingerprint density at radius 3 is 2.55 bits per heavy atom. The number of nitrogens with one attached hydrogen (secondary N) is 1. The zero-order valence-corrected chi connectivity index (χ0v) is 11.6. The van der Waals surface area contributed by atoms with Crippen LogP contribution in [0.15, 0.2) is 18.2 Å². The lowest BCUT2D eigenvalue weighted by Gasteiger charge is -2.28. The van der Waals surface area contributed by atoms with Gasteiger partial charge in [-0.2, -0.15) is 0 Å². The summed E-state index contributed by atoms with van der Waals surface area (Å²) in [5.41, 5.74) is 5.71. The van der Waals surface area contributed by atoms with Gasteiger partial charge in [-0.25, -0.2) is 0 Å². The zero-order chi connectivity index (χ0) is 14.7. The van der Waals surface area contributed by atoms with E-state index < -0.39 is 4.92 Å². The Morgan fingerprint density at radius 1 is 1.35 bits per heavy atom. The fourth-order valence-electron chi connectivity index (χ4n) is 2.53. The molecule has 0 atom stereocenters. The molecule has 0 unspecified atom stereocenters. The molecule has 1 saturated carbocycles. The van der Waals surface area contributed by atoms with Gasteiger partial charge in [0.2, 0.25) is 5.91 Å². The molecule has 0 aliphatic heterocycles. The van der Waals surface area contributed by atoms with E-state index >= 15 is 0 Å². The Hall–Kier alpha value is -1.82. The van der Waals surface area contributed by atoms with Gasteiger partial charge in [-0.1, -0.05) is 11.6 Å². The number of hydrogen-bond acceptors (Lipinski definition) is 4. The van der Waals surface area contributed by atoms with Gasteiger partial charge in [0.15, 0.2) is 0 Å². The summed E-state index contributed by atoms with van der Waals surface area (Å²) in [4.78, 5) is 21.6. The van der Waals surface area contributed by atoms with Crippen molar-refractivity contribution in [2.45, 2.75) is 31.7 Å². The number of rotatable bonds is 4. The number of anilines is 1. The molecule has 1 fully saturated rings. The first-order valence-electron chi connectivity index (χ1n) is 6.47. The van der Waals surface area contributed by atoms with Crippen LogP contribution in [-0.4, -0.2) is 16.9 Å². The molecule has 108 valence electrons. The number of benzene rings is 1. The highest BCUT2D eigenvalue weighted by molar-refractivity contribution is 6.31. The topological polar surface area (TPSA) is 98.3 Å². The van der Waals surface area contributed by atoms with Gasteiger partial charge < -0.3 is 11.1 Å². The van der Waals surface area contributed by atoms with E-state index in [0.717, 1.165) is 12.8 Å². The van der Waals surface area contributed by atoms with Gasteiger partial charge in [0.25, 0.3) is 5.69 Å². The zero-order valence-electron chi connectivity index (χ0n) is 10.8. The van der Waals surface area contributed by atoms with E-state index in [1.54, 1.807) is 6.07 Å². The van der Waals surface area contributed by atoms with Gasteiger partial charge in [-0.15, -0.1) is 0 Å². The van der Waals surface area contributed by atoms with E-state index in [4.69, 9.17) is 17.3 Å². The third-order valence-electron chi connectivity index (χ3n) is 3.64. The minimum atomic E-state index is -0.437. The van der Waals surface area contributed by atoms with Crippen LogP contribution in [0.4, 0.5) is 11.4 Å². The Kier molecular flexibility index (Phi) is 4.44. The minimum absolute atomic E-state index is 0.00595. The molecule has 3 N–H and O–H groups in total. The maximum absolute atomic E-state index is 11.1. The van der Waals surface area contributed by atoms with Crippen LogP contribution >= 0.6 is 11.6 Å². The minimum Gasteiger partial charge on any atom is -0.377 e. The van der Waals surface area contributed by atoms with Gasteiger partial charge in [-0.05, 0) is 37.8 Å². The first kappa shape index (κ1) is 14.6. The second-order valence-electron chi connectivity index (χ2n) is 5.01. The highest BCUT2D eigenvalue weighted by Gasteiger charge is 2.26. The Morgan fingerprint density at radius 2 is 2.00 bits per heavy atom. The average molecular weight is 298 g/mol. The fourth-order valence-corrected chi connectivity index (χ4v) is 2.70. The SMILES string of the molecule is NC(=O)C1CCC(Nc2cc(Cl)ccc2[N+](=O)[O-])CC1. The summed E-state index contributed by atoms with van der Waals surface area (Å²) in [6.07, 6.45) is 2.94. The van der Waals surface area contributed by atoms with Crippen molar-refractivity contribution in [3.8, 4) is 0 Å². The predicted molar refractivity (Wildman–Crippen MR) is 76.7 cm³/mol. The van der Waals surface area contributed by atoms with Gasteiger partial charge in [0.1, 0.15) is 5.69 Å². The number of nitro groups is 1. The Bertz CT molecular complexity index is 528. The first-order valence-corrected chi connectivity index (χ1v) is 6.85. The molecular weight excluding hydrogens is 282 g/mol. The lowest BCUT2D eigenvalue weighted by atomic mass is 9.85. The number of nitrogens with zero attached hydrogens (tertiary/aromatic N) is 1. The van der Waals surface area contributed by atoms with Crippen LogP contribution in [0, 0.1) is 16.0 Å². The predicted octanol–water partition coefficient (Wildman–Crippen LogP) is 2.70. The van der Waals surface area contributed by atoms with Crippen molar-refractivity contribution in [1.82, 2.24) is 0 Å². The molecule has 1 aromatic carbocycles. The molecule has 0 heterocycles. The maximum atomic E-state index is 11.1. The number of halogens is 1. The number of hydrogen-bond donors (Lipinski definition) is 2. The van der Waals surface area contributed by atoms with Crippen molar-refractivity contribution in [2.75, 3.05) is 5.32 Å². The number of carbonyl (C=O) groups excluding carboxylic acids is 1. The standard InChI is InChI=1S/C13H16ClN3O3/c14-9-3-6-12(17(19)20)11(7-9)16-10-4-1-8(2-5-10)13(15)18/h3,6-8,10,16H,1-2,4-5H2,(H2,15,18). The summed E-state index contributed by atoms with van der Waals surface area (Å²) in [6.45, 7) is 0. The number of primary amides is 1. The summed E-state index contributed by atoms with van der Waals surface area (Å²) in [5, 5.41) is 14.6. The smallest absolute Gasteiger partial charge is 0.292 e. The largest absolute Gasteiger partial charge is 0.377 e. The second-order valence-corrected chi connectivity index (χ2v) is 5.45. The molecule has 2 rings (SSSR count). The lowest BCUT2D eigenvalue weighted by Crippen LogP contribution is -2.32. The first-order chi connectivity index (χ1) is 9.47. The van der Waals surface area contributed by atoms with Crippen LogP contribution in [0.25, 0.3) is 0 Å². The molecule has 0 saturated heterocycles. The summed E-state index contributed by atoms with van der Waals surface area (Å²) in [7, 11) is 0. The Labute approximate surface area is 121 Å². The van der Waals surface area contributed by atoms with Crippen molar-refractivity contribution < 1.29 is 9.72 Å². The van der Waals surface area contributed by atoms with E-state index in [-0.39, 0.29) is 23.6 Å². The van der Waals surface area contributed by atoms with Crippen molar-refractivity contribution in [3.05, 3.63) is 33.3 Å². The maximum Gasteiger partial charge on any atom is 0.292 e. The normalized spacial score (nSPS) is 22.2. The number of carbonyl (C=O) groups is 1. The van der Waals surface area contributed by atoms with Crippen molar-refractivity contribution in [2.24, 2.45) is 11.7 Å². The van der Waals surface area contributed by atoms with Gasteiger partial charge >= 0.3 is 0 Å². The highest BCUT2D eigenvalue weighted by Crippen LogP contribution is 2.32. The molecule has 7 heteroatoms. The van der Waals surface area contributed by atoms with E-state index in [9.17, 15) is 14.9 Å². The summed E-state index contributed by atoms with van der Waals surface area (Å²) >= 11 is 5.88. The van der Waals surface area contributed by atoms with E-state index in [2.05, 4.69) is 5.32 Å². The number of nitro benzene ring substituents is 1. The van der Waals surface area contributed by atoms with Crippen LogP contribution in [0.5, 0.6) is 0 Å². The van der Waals surface area contributed by atoms with Gasteiger partial charge in [-0.3, -0.25) is 14.9 Å². The van der Waals surface area contributed by atoms with Crippen molar-refractivity contribution in [3.63, 3.8) is 0 Å². The molecule has 0 spiro atoms. The molecular formula is C13H16ClN3O3. The van der Waals surface area contributed by atoms with Gasteiger partial charge in [0.05, 0.1) is 4.92 Å². The molecule has 1 aliphatic carbocycles. The van der Waals surface area contributed by atoms with E-state index in [1.165, 1.54) is 12.1 Å². The van der Waals surface area contributed by atoms with Crippen LogP contribution in [0.3, 0.4) is 0 Å². The van der Waals surface area contributed by atoms with Crippen molar-refractivity contribution >= 4 is 28.9 Å². The van der Waals surface area contributed by atoms with Crippen LogP contribution in [0.1, 0.15) is 25.7 Å². The molecule has 0 bridgehead atoms. The molecule has 1 aliphatic rings. The van der Waals surface area contributed by atoms with Crippen LogP contribution in [0.2, 0.25) is 5.02 Å². The number of amides is 1. The summed E-state index contributed by atoms with van der Waals surface area (Å²) in [5.74, 6) is -0.348. The Balaban J connectivity index is 2.06. The van der Waals surface area contributed by atoms with Crippen LogP contribution in [-0.2, 0) is 4.79 Å². The quantitative estimate of drug-likeness (QED) is 0.659. The van der Waals surface area contributed by atoms with Crippen LogP contribution < -0.4 is 11.1 Å². The van der Waals surface area contributed by atoms with Gasteiger partial charge in [0, 0.05) is 23.0 Å². The summed E-state index contributed by atoms with van der Waals surface area (Å²) in [6, 6.07) is 4.54. The monoisotopic (exact) mass is 297 g/mol. The average Bonchev–Trinajstić information content (AvgIpc) is 2.39. The molecule has 1 amide bonds. The molecule has 1 aromatic rings. The second kappa shape index (κ2) is 6.09. The molecule has 6 nitrogen and oxygen atoms in total. The molecule has 20 heavy (non-hydrogen) atoms.